The first-order valence-electron chi connectivity index (χ1n) is 6.85. The molecular weight excluding hydrogens is 286 g/mol. The number of hydrogen-bond acceptors (Lipinski definition) is 4. The number of aliphatic carboxylic acids is 1. The Balaban J connectivity index is 2.01. The van der Waals surface area contributed by atoms with E-state index >= 15 is 0 Å². The molecule has 0 saturated heterocycles. The van der Waals surface area contributed by atoms with Crippen molar-refractivity contribution in [2.24, 2.45) is 7.05 Å². The van der Waals surface area contributed by atoms with Gasteiger partial charge in [-0.05, 0) is 6.92 Å². The molecule has 8 heteroatoms. The summed E-state index contributed by atoms with van der Waals surface area (Å²) in [5, 5.41) is 16.9. The van der Waals surface area contributed by atoms with Crippen LogP contribution in [0.1, 0.15) is 28.0 Å². The predicted octanol–water partition coefficient (Wildman–Crippen LogP) is 0.672. The number of carboxylic acid groups (broad SMARTS) is 1. The average molecular weight is 305 g/mol. The number of amides is 1. The van der Waals surface area contributed by atoms with Crippen LogP contribution >= 0.6 is 0 Å². The summed E-state index contributed by atoms with van der Waals surface area (Å²) in [7, 11) is 3.55. The highest BCUT2D eigenvalue weighted by Gasteiger charge is 2.16. The Labute approximate surface area is 127 Å². The van der Waals surface area contributed by atoms with Crippen molar-refractivity contribution in [2.75, 3.05) is 7.05 Å². The SMILES string of the molecule is Cc1nn(C)cc1CN(C)C(=O)c1cnn(CCC(=O)O)c1. The van der Waals surface area contributed by atoms with Crippen molar-refractivity contribution in [1.29, 1.82) is 0 Å². The first-order chi connectivity index (χ1) is 10.4. The summed E-state index contributed by atoms with van der Waals surface area (Å²) in [6.07, 6.45) is 4.88. The zero-order valence-electron chi connectivity index (χ0n) is 12.9. The summed E-state index contributed by atoms with van der Waals surface area (Å²) < 4.78 is 3.18. The molecular formula is C14H19N5O3. The minimum absolute atomic E-state index is 0.0277. The molecule has 0 bridgehead atoms. The normalized spacial score (nSPS) is 10.7. The fourth-order valence-electron chi connectivity index (χ4n) is 2.16. The summed E-state index contributed by atoms with van der Waals surface area (Å²) in [6, 6.07) is 0. The maximum atomic E-state index is 12.3. The summed E-state index contributed by atoms with van der Waals surface area (Å²) in [6.45, 7) is 2.60. The second-order valence-electron chi connectivity index (χ2n) is 5.21. The van der Waals surface area contributed by atoms with Crippen molar-refractivity contribution in [3.63, 3.8) is 0 Å². The molecule has 118 valence electrons. The first-order valence-corrected chi connectivity index (χ1v) is 6.85. The molecule has 0 aromatic carbocycles. The highest BCUT2D eigenvalue weighted by molar-refractivity contribution is 5.93. The summed E-state index contributed by atoms with van der Waals surface area (Å²) in [5.41, 5.74) is 2.31. The number of nitrogens with zero attached hydrogens (tertiary/aromatic N) is 5. The van der Waals surface area contributed by atoms with Gasteiger partial charge in [-0.25, -0.2) is 0 Å². The molecule has 0 unspecified atom stereocenters. The van der Waals surface area contributed by atoms with E-state index in [-0.39, 0.29) is 18.9 Å². The summed E-state index contributed by atoms with van der Waals surface area (Å²) in [4.78, 5) is 24.5. The van der Waals surface area contributed by atoms with Gasteiger partial charge in [0.05, 0.1) is 30.4 Å². The Morgan fingerprint density at radius 2 is 2.09 bits per heavy atom. The third-order valence-corrected chi connectivity index (χ3v) is 3.30. The van der Waals surface area contributed by atoms with Crippen LogP contribution in [0, 0.1) is 6.92 Å². The van der Waals surface area contributed by atoms with Gasteiger partial charge in [-0.1, -0.05) is 0 Å². The van der Waals surface area contributed by atoms with Crippen molar-refractivity contribution in [3.8, 4) is 0 Å². The molecule has 0 aliphatic carbocycles. The fraction of sp³-hybridized carbons (Fsp3) is 0.429. The monoisotopic (exact) mass is 305 g/mol. The zero-order chi connectivity index (χ0) is 16.3. The minimum atomic E-state index is -0.896. The molecule has 1 amide bonds. The Morgan fingerprint density at radius 1 is 1.36 bits per heavy atom. The van der Waals surface area contributed by atoms with E-state index in [0.29, 0.717) is 12.1 Å². The van der Waals surface area contributed by atoms with Gasteiger partial charge in [0.25, 0.3) is 5.91 Å². The van der Waals surface area contributed by atoms with Crippen molar-refractivity contribution in [1.82, 2.24) is 24.5 Å². The predicted molar refractivity (Wildman–Crippen MR) is 78.2 cm³/mol. The Bertz CT molecular complexity index is 688. The van der Waals surface area contributed by atoms with Crippen molar-refractivity contribution >= 4 is 11.9 Å². The maximum absolute atomic E-state index is 12.3. The van der Waals surface area contributed by atoms with E-state index < -0.39 is 5.97 Å². The lowest BCUT2D eigenvalue weighted by Crippen LogP contribution is -2.26. The highest BCUT2D eigenvalue weighted by atomic mass is 16.4. The number of hydrogen-bond donors (Lipinski definition) is 1. The van der Waals surface area contributed by atoms with Crippen LogP contribution in [-0.2, 0) is 24.9 Å². The largest absolute Gasteiger partial charge is 0.481 e. The number of carbonyl (C=O) groups excluding carboxylic acids is 1. The maximum Gasteiger partial charge on any atom is 0.305 e. The van der Waals surface area contributed by atoms with Gasteiger partial charge in [0.15, 0.2) is 0 Å². The smallest absolute Gasteiger partial charge is 0.305 e. The summed E-state index contributed by atoms with van der Waals surface area (Å²) >= 11 is 0. The van der Waals surface area contributed by atoms with Crippen LogP contribution in [0.2, 0.25) is 0 Å². The minimum Gasteiger partial charge on any atom is -0.481 e. The second kappa shape index (κ2) is 6.42. The molecule has 2 aromatic heterocycles. The molecule has 0 aliphatic heterocycles. The van der Waals surface area contributed by atoms with Crippen LogP contribution in [0.4, 0.5) is 0 Å². The average Bonchev–Trinajstić information content (AvgIpc) is 3.03. The Morgan fingerprint density at radius 3 is 2.68 bits per heavy atom. The lowest BCUT2D eigenvalue weighted by molar-refractivity contribution is -0.137. The molecule has 0 atom stereocenters. The van der Waals surface area contributed by atoms with Gasteiger partial charge in [0.1, 0.15) is 0 Å². The molecule has 0 fully saturated rings. The van der Waals surface area contributed by atoms with Gasteiger partial charge in [0, 0.05) is 38.6 Å². The second-order valence-corrected chi connectivity index (χ2v) is 5.21. The van der Waals surface area contributed by atoms with E-state index in [9.17, 15) is 9.59 Å². The number of aromatic nitrogens is 4. The van der Waals surface area contributed by atoms with Gasteiger partial charge in [-0.15, -0.1) is 0 Å². The van der Waals surface area contributed by atoms with E-state index in [1.165, 1.54) is 10.9 Å². The molecule has 2 aromatic rings. The molecule has 0 radical (unpaired) electrons. The van der Waals surface area contributed by atoms with Crippen molar-refractivity contribution in [3.05, 3.63) is 35.4 Å². The lowest BCUT2D eigenvalue weighted by Gasteiger charge is -2.15. The topological polar surface area (TPSA) is 93.3 Å². The molecule has 2 rings (SSSR count). The molecule has 0 saturated carbocycles. The zero-order valence-corrected chi connectivity index (χ0v) is 12.9. The van der Waals surface area contributed by atoms with Gasteiger partial charge in [-0.2, -0.15) is 10.2 Å². The Kier molecular flexibility index (Phi) is 4.59. The van der Waals surface area contributed by atoms with Gasteiger partial charge in [0.2, 0.25) is 0 Å². The molecule has 8 nitrogen and oxygen atoms in total. The van der Waals surface area contributed by atoms with Gasteiger partial charge >= 0.3 is 5.97 Å². The van der Waals surface area contributed by atoms with Crippen LogP contribution in [0.15, 0.2) is 18.6 Å². The number of aryl methyl sites for hydroxylation is 3. The summed E-state index contributed by atoms with van der Waals surface area (Å²) in [5.74, 6) is -1.06. The lowest BCUT2D eigenvalue weighted by atomic mass is 10.2. The third kappa shape index (κ3) is 3.72. The third-order valence-electron chi connectivity index (χ3n) is 3.30. The molecule has 0 spiro atoms. The van der Waals surface area contributed by atoms with E-state index in [1.54, 1.807) is 22.8 Å². The van der Waals surface area contributed by atoms with Crippen LogP contribution in [0.5, 0.6) is 0 Å². The van der Waals surface area contributed by atoms with E-state index in [0.717, 1.165) is 11.3 Å². The van der Waals surface area contributed by atoms with E-state index in [4.69, 9.17) is 5.11 Å². The number of rotatable bonds is 6. The van der Waals surface area contributed by atoms with Crippen LogP contribution in [0.3, 0.4) is 0 Å². The van der Waals surface area contributed by atoms with E-state index in [1.807, 2.05) is 20.2 Å². The molecule has 0 aliphatic rings. The van der Waals surface area contributed by atoms with Gasteiger partial charge in [-0.3, -0.25) is 19.0 Å². The van der Waals surface area contributed by atoms with Crippen molar-refractivity contribution in [2.45, 2.75) is 26.4 Å². The number of carbonyl (C=O) groups is 2. The van der Waals surface area contributed by atoms with E-state index in [2.05, 4.69) is 10.2 Å². The highest BCUT2D eigenvalue weighted by Crippen LogP contribution is 2.11. The first kappa shape index (κ1) is 15.7. The van der Waals surface area contributed by atoms with Crippen LogP contribution < -0.4 is 0 Å². The van der Waals surface area contributed by atoms with Crippen LogP contribution in [-0.4, -0.2) is 48.5 Å². The molecule has 1 N–H and O–H groups in total. The quantitative estimate of drug-likeness (QED) is 0.846. The Hall–Kier alpha value is -2.64. The fourth-order valence-corrected chi connectivity index (χ4v) is 2.16. The standard InChI is InChI=1S/C14H19N5O3/c1-10-12(8-18(3)16-10)7-17(2)14(22)11-6-15-19(9-11)5-4-13(20)21/h6,8-9H,4-5,7H2,1-3H3,(H,20,21). The number of carboxylic acids is 1. The molecule has 2 heterocycles. The molecule has 22 heavy (non-hydrogen) atoms. The van der Waals surface area contributed by atoms with Gasteiger partial charge < -0.3 is 10.0 Å². The van der Waals surface area contributed by atoms with Crippen molar-refractivity contribution < 1.29 is 14.7 Å². The van der Waals surface area contributed by atoms with Crippen LogP contribution in [0.25, 0.3) is 0 Å².